The topological polar surface area (TPSA) is 23.5 Å². The molecule has 0 spiro atoms. The molecule has 0 aliphatic rings. The van der Waals surface area contributed by atoms with Crippen molar-refractivity contribution in [1.29, 1.82) is 0 Å². The molecule has 0 heterocycles. The molecule has 0 radical (unpaired) electrons. The normalized spacial score (nSPS) is 12.3. The van der Waals surface area contributed by atoms with Crippen LogP contribution in [0.5, 0.6) is 0 Å². The molecule has 0 amide bonds. The Balaban J connectivity index is 2.62. The smallest absolute Gasteiger partial charge is 0.146 e. The third kappa shape index (κ3) is 3.05. The van der Waals surface area contributed by atoms with E-state index in [0.29, 0.717) is 29.0 Å². The number of benzene rings is 2. The number of rotatable bonds is 4. The zero-order valence-electron chi connectivity index (χ0n) is 12.4. The number of aliphatic hydroxyl groups excluding tert-OH is 1. The van der Waals surface area contributed by atoms with Crippen LogP contribution in [-0.2, 0) is 0 Å². The van der Waals surface area contributed by atoms with Crippen molar-refractivity contribution in [2.45, 2.75) is 26.9 Å². The summed E-state index contributed by atoms with van der Waals surface area (Å²) in [5, 5.41) is 9.89. The molecule has 2 nitrogen and oxygen atoms in total. The Labute approximate surface area is 123 Å². The van der Waals surface area contributed by atoms with Crippen molar-refractivity contribution in [3.63, 3.8) is 0 Å². The van der Waals surface area contributed by atoms with Gasteiger partial charge in [0.05, 0.1) is 11.8 Å². The lowest BCUT2D eigenvalue weighted by Crippen LogP contribution is -2.20. The summed E-state index contributed by atoms with van der Waals surface area (Å²) in [6.45, 7) is 5.62. The molecular formula is C17H19F2NO. The molecule has 2 aromatic rings. The maximum Gasteiger partial charge on any atom is 0.146 e. The molecule has 0 fully saturated rings. The van der Waals surface area contributed by atoms with E-state index in [1.54, 1.807) is 43.0 Å². The summed E-state index contributed by atoms with van der Waals surface area (Å²) in [4.78, 5) is 1.74. The highest BCUT2D eigenvalue weighted by Crippen LogP contribution is 2.34. The minimum atomic E-state index is -0.837. The molecular weight excluding hydrogens is 272 g/mol. The van der Waals surface area contributed by atoms with Crippen molar-refractivity contribution in [3.8, 4) is 0 Å². The van der Waals surface area contributed by atoms with Crippen LogP contribution >= 0.6 is 0 Å². The predicted octanol–water partition coefficient (Wildman–Crippen LogP) is 4.48. The van der Waals surface area contributed by atoms with Gasteiger partial charge in [0.15, 0.2) is 0 Å². The van der Waals surface area contributed by atoms with Gasteiger partial charge in [0.2, 0.25) is 0 Å². The van der Waals surface area contributed by atoms with E-state index in [4.69, 9.17) is 0 Å². The summed E-state index contributed by atoms with van der Waals surface area (Å²) in [7, 11) is 0. The Kier molecular flexibility index (Phi) is 4.58. The summed E-state index contributed by atoms with van der Waals surface area (Å²) in [6.07, 6.45) is -0.837. The van der Waals surface area contributed by atoms with E-state index in [-0.39, 0.29) is 11.6 Å². The van der Waals surface area contributed by atoms with Gasteiger partial charge in [0.1, 0.15) is 11.6 Å². The van der Waals surface area contributed by atoms with Crippen molar-refractivity contribution < 1.29 is 13.9 Å². The third-order valence-corrected chi connectivity index (χ3v) is 3.51. The van der Waals surface area contributed by atoms with Crippen molar-refractivity contribution in [3.05, 3.63) is 59.2 Å². The fourth-order valence-electron chi connectivity index (χ4n) is 2.39. The Morgan fingerprint density at radius 1 is 1.10 bits per heavy atom. The third-order valence-electron chi connectivity index (χ3n) is 3.51. The van der Waals surface area contributed by atoms with Crippen LogP contribution in [0.2, 0.25) is 0 Å². The van der Waals surface area contributed by atoms with Crippen molar-refractivity contribution >= 4 is 11.4 Å². The molecule has 0 aliphatic heterocycles. The molecule has 112 valence electrons. The molecule has 1 atom stereocenters. The van der Waals surface area contributed by atoms with Gasteiger partial charge in [-0.1, -0.05) is 12.1 Å². The van der Waals surface area contributed by atoms with E-state index in [1.165, 1.54) is 12.1 Å². The van der Waals surface area contributed by atoms with Gasteiger partial charge in [-0.15, -0.1) is 0 Å². The maximum atomic E-state index is 14.0. The SMILES string of the molecule is CCN(c1ccccc1F)c1cc(C)c(F)cc1C(C)O. The second-order valence-electron chi connectivity index (χ2n) is 5.03. The van der Waals surface area contributed by atoms with Crippen LogP contribution in [-0.4, -0.2) is 11.7 Å². The Bertz CT molecular complexity index is 641. The van der Waals surface area contributed by atoms with Gasteiger partial charge >= 0.3 is 0 Å². The number of aryl methyl sites for hydroxylation is 1. The first-order valence-electron chi connectivity index (χ1n) is 6.95. The molecule has 1 unspecified atom stereocenters. The highest BCUT2D eigenvalue weighted by molar-refractivity contribution is 5.68. The first kappa shape index (κ1) is 15.4. The van der Waals surface area contributed by atoms with Gasteiger partial charge in [-0.05, 0) is 50.6 Å². The monoisotopic (exact) mass is 291 g/mol. The van der Waals surface area contributed by atoms with Gasteiger partial charge in [0.25, 0.3) is 0 Å². The number of halogens is 2. The number of hydrogen-bond donors (Lipinski definition) is 1. The van der Waals surface area contributed by atoms with E-state index >= 15 is 0 Å². The fourth-order valence-corrected chi connectivity index (χ4v) is 2.39. The zero-order chi connectivity index (χ0) is 15.6. The minimum Gasteiger partial charge on any atom is -0.389 e. The second kappa shape index (κ2) is 6.22. The lowest BCUT2D eigenvalue weighted by atomic mass is 10.0. The molecule has 21 heavy (non-hydrogen) atoms. The first-order valence-corrected chi connectivity index (χ1v) is 6.95. The quantitative estimate of drug-likeness (QED) is 0.897. The fraction of sp³-hybridized carbons (Fsp3) is 0.294. The average molecular weight is 291 g/mol. The van der Waals surface area contributed by atoms with Crippen molar-refractivity contribution in [2.75, 3.05) is 11.4 Å². The van der Waals surface area contributed by atoms with Crippen LogP contribution in [0.15, 0.2) is 36.4 Å². The highest BCUT2D eigenvalue weighted by Gasteiger charge is 2.19. The lowest BCUT2D eigenvalue weighted by molar-refractivity contribution is 0.199. The molecule has 0 saturated heterocycles. The van der Waals surface area contributed by atoms with Gasteiger partial charge in [0, 0.05) is 17.8 Å². The van der Waals surface area contributed by atoms with E-state index < -0.39 is 6.10 Å². The van der Waals surface area contributed by atoms with E-state index in [1.807, 2.05) is 6.92 Å². The van der Waals surface area contributed by atoms with Gasteiger partial charge in [-0.3, -0.25) is 0 Å². The molecule has 4 heteroatoms. The molecule has 0 aliphatic carbocycles. The Hall–Kier alpha value is -1.94. The average Bonchev–Trinajstić information content (AvgIpc) is 2.44. The summed E-state index contributed by atoms with van der Waals surface area (Å²) >= 11 is 0. The number of aliphatic hydroxyl groups is 1. The number of para-hydroxylation sites is 1. The van der Waals surface area contributed by atoms with Crippen molar-refractivity contribution in [1.82, 2.24) is 0 Å². The Morgan fingerprint density at radius 2 is 1.76 bits per heavy atom. The molecule has 1 N–H and O–H groups in total. The van der Waals surface area contributed by atoms with Gasteiger partial charge < -0.3 is 10.0 Å². The summed E-state index contributed by atoms with van der Waals surface area (Å²) < 4.78 is 27.8. The van der Waals surface area contributed by atoms with Crippen molar-refractivity contribution in [2.24, 2.45) is 0 Å². The minimum absolute atomic E-state index is 0.349. The lowest BCUT2D eigenvalue weighted by Gasteiger charge is -2.27. The predicted molar refractivity (Wildman–Crippen MR) is 80.9 cm³/mol. The van der Waals surface area contributed by atoms with Crippen LogP contribution < -0.4 is 4.90 Å². The summed E-state index contributed by atoms with van der Waals surface area (Å²) in [6, 6.07) is 9.39. The molecule has 0 bridgehead atoms. The number of hydrogen-bond acceptors (Lipinski definition) is 2. The van der Waals surface area contributed by atoms with E-state index in [2.05, 4.69) is 0 Å². The maximum absolute atomic E-state index is 14.0. The van der Waals surface area contributed by atoms with Gasteiger partial charge in [-0.2, -0.15) is 0 Å². The van der Waals surface area contributed by atoms with Gasteiger partial charge in [-0.25, -0.2) is 8.78 Å². The van der Waals surface area contributed by atoms with Crippen LogP contribution in [0, 0.1) is 18.6 Å². The molecule has 2 rings (SSSR count). The zero-order valence-corrected chi connectivity index (χ0v) is 12.4. The largest absolute Gasteiger partial charge is 0.389 e. The summed E-state index contributed by atoms with van der Waals surface area (Å²) in [5.41, 5.74) is 1.94. The van der Waals surface area contributed by atoms with Crippen LogP contribution in [0.25, 0.3) is 0 Å². The first-order chi connectivity index (χ1) is 9.95. The Morgan fingerprint density at radius 3 is 2.33 bits per heavy atom. The molecule has 0 saturated carbocycles. The molecule has 0 aromatic heterocycles. The standard InChI is InChI=1S/C17H19F2NO/c1-4-20(16-8-6-5-7-14(16)18)17-9-11(2)15(19)10-13(17)12(3)21/h5-10,12,21H,4H2,1-3H3. The highest BCUT2D eigenvalue weighted by atomic mass is 19.1. The summed E-state index contributed by atoms with van der Waals surface area (Å²) in [5.74, 6) is -0.725. The van der Waals surface area contributed by atoms with Crippen LogP contribution in [0.4, 0.5) is 20.2 Å². The number of anilines is 2. The van der Waals surface area contributed by atoms with Crippen LogP contribution in [0.3, 0.4) is 0 Å². The molecule has 2 aromatic carbocycles. The van der Waals surface area contributed by atoms with Crippen LogP contribution in [0.1, 0.15) is 31.1 Å². The van der Waals surface area contributed by atoms with E-state index in [9.17, 15) is 13.9 Å². The second-order valence-corrected chi connectivity index (χ2v) is 5.03. The van der Waals surface area contributed by atoms with E-state index in [0.717, 1.165) is 0 Å². The number of nitrogens with zero attached hydrogens (tertiary/aromatic N) is 1.